The van der Waals surface area contributed by atoms with Crippen LogP contribution in [0.4, 0.5) is 8.78 Å². The van der Waals surface area contributed by atoms with Gasteiger partial charge in [0.25, 0.3) is 5.92 Å². The van der Waals surface area contributed by atoms with Gasteiger partial charge in [-0.15, -0.1) is 36.2 Å². The summed E-state index contributed by atoms with van der Waals surface area (Å²) in [5, 5.41) is 4.59. The van der Waals surface area contributed by atoms with E-state index < -0.39 is 24.9 Å². The number of thiazole rings is 1. The summed E-state index contributed by atoms with van der Waals surface area (Å²) in [5.41, 5.74) is 6.58. The SMILES string of the molecule is Cc1ccc(OCc2nc(CC(=O)NCC(F)(F)CN)cs2)cc1.Cl.Cl. The number of carbonyl (C=O) groups is 1. The van der Waals surface area contributed by atoms with Gasteiger partial charge in [-0.2, -0.15) is 0 Å². The number of rotatable bonds is 8. The first kappa shape index (κ1) is 24.5. The number of hydrogen-bond donors (Lipinski definition) is 2. The minimum absolute atomic E-state index is 0. The van der Waals surface area contributed by atoms with Crippen LogP contribution in [0.15, 0.2) is 29.6 Å². The molecule has 0 fully saturated rings. The summed E-state index contributed by atoms with van der Waals surface area (Å²) >= 11 is 1.36. The Kier molecular flexibility index (Phi) is 10.6. The second kappa shape index (κ2) is 11.3. The molecule has 0 aliphatic rings. The molecule has 10 heteroatoms. The first-order valence-corrected chi connectivity index (χ1v) is 8.23. The molecule has 0 aliphatic carbocycles. The number of nitrogens with two attached hydrogens (primary N) is 1. The molecule has 2 aromatic rings. The van der Waals surface area contributed by atoms with Gasteiger partial charge in [-0.1, -0.05) is 17.7 Å². The molecular formula is C16H21Cl2F2N3O2S. The van der Waals surface area contributed by atoms with Crippen molar-refractivity contribution in [3.63, 3.8) is 0 Å². The fraction of sp³-hybridized carbons (Fsp3) is 0.375. The average molecular weight is 428 g/mol. The molecule has 2 rings (SSSR count). The Balaban J connectivity index is 0.00000312. The Morgan fingerprint density at radius 1 is 1.31 bits per heavy atom. The summed E-state index contributed by atoms with van der Waals surface area (Å²) in [7, 11) is 0. The third kappa shape index (κ3) is 8.27. The maximum Gasteiger partial charge on any atom is 0.277 e. The van der Waals surface area contributed by atoms with Crippen molar-refractivity contribution < 1.29 is 18.3 Å². The van der Waals surface area contributed by atoms with Crippen LogP contribution >= 0.6 is 36.2 Å². The Morgan fingerprint density at radius 3 is 2.58 bits per heavy atom. The van der Waals surface area contributed by atoms with Crippen LogP contribution in [0.2, 0.25) is 0 Å². The topological polar surface area (TPSA) is 77.2 Å². The molecule has 0 spiro atoms. The van der Waals surface area contributed by atoms with E-state index in [1.165, 1.54) is 11.3 Å². The van der Waals surface area contributed by atoms with Crippen molar-refractivity contribution in [1.29, 1.82) is 0 Å². The summed E-state index contributed by atoms with van der Waals surface area (Å²) in [6, 6.07) is 7.64. The van der Waals surface area contributed by atoms with Gasteiger partial charge in [0, 0.05) is 5.38 Å². The van der Waals surface area contributed by atoms with E-state index in [1.807, 2.05) is 31.2 Å². The molecule has 26 heavy (non-hydrogen) atoms. The van der Waals surface area contributed by atoms with Gasteiger partial charge in [-0.05, 0) is 19.1 Å². The van der Waals surface area contributed by atoms with Crippen LogP contribution in [0.25, 0.3) is 0 Å². The van der Waals surface area contributed by atoms with Crippen molar-refractivity contribution >= 4 is 42.1 Å². The zero-order chi connectivity index (χ0) is 17.6. The number of carbonyl (C=O) groups excluding carboxylic acids is 1. The predicted octanol–water partition coefficient (Wildman–Crippen LogP) is 3.13. The Bertz CT molecular complexity index is 684. The lowest BCUT2D eigenvalue weighted by atomic mass is 10.2. The lowest BCUT2D eigenvalue weighted by Gasteiger charge is -2.14. The molecule has 0 radical (unpaired) electrons. The van der Waals surface area contributed by atoms with E-state index in [1.54, 1.807) is 5.38 Å². The van der Waals surface area contributed by atoms with Crippen LogP contribution in [0.5, 0.6) is 5.75 Å². The lowest BCUT2D eigenvalue weighted by Crippen LogP contribution is -2.42. The summed E-state index contributed by atoms with van der Waals surface area (Å²) in [6.07, 6.45) is -0.0539. The van der Waals surface area contributed by atoms with E-state index >= 15 is 0 Å². The zero-order valence-corrected chi connectivity index (χ0v) is 16.5. The maximum atomic E-state index is 13.0. The van der Waals surface area contributed by atoms with Crippen LogP contribution in [0.1, 0.15) is 16.3 Å². The highest BCUT2D eigenvalue weighted by Crippen LogP contribution is 2.16. The second-order valence-electron chi connectivity index (χ2n) is 5.35. The molecule has 0 aliphatic heterocycles. The summed E-state index contributed by atoms with van der Waals surface area (Å²) in [6.45, 7) is 0.715. The van der Waals surface area contributed by atoms with Crippen LogP contribution < -0.4 is 15.8 Å². The van der Waals surface area contributed by atoms with Gasteiger partial charge in [-0.3, -0.25) is 4.79 Å². The van der Waals surface area contributed by atoms with Crippen molar-refractivity contribution in [3.05, 3.63) is 45.9 Å². The minimum Gasteiger partial charge on any atom is -0.486 e. The molecule has 5 nitrogen and oxygen atoms in total. The first-order chi connectivity index (χ1) is 11.4. The molecular weight excluding hydrogens is 407 g/mol. The highest BCUT2D eigenvalue weighted by atomic mass is 35.5. The average Bonchev–Trinajstić information content (AvgIpc) is 3.00. The third-order valence-electron chi connectivity index (χ3n) is 3.17. The number of benzene rings is 1. The van der Waals surface area contributed by atoms with Gasteiger partial charge in [-0.25, -0.2) is 13.8 Å². The maximum absolute atomic E-state index is 13.0. The number of amides is 1. The second-order valence-corrected chi connectivity index (χ2v) is 6.29. The van der Waals surface area contributed by atoms with Gasteiger partial charge in [0.15, 0.2) is 0 Å². The standard InChI is InChI=1S/C16H19F2N3O2S.2ClH/c1-11-2-4-13(5-3-11)23-7-15-21-12(8-24-15)6-14(22)20-10-16(17,18)9-19;;/h2-5,8H,6-7,9-10,19H2,1H3,(H,20,22);2*1H. The van der Waals surface area contributed by atoms with Crippen molar-refractivity contribution in [2.45, 2.75) is 25.9 Å². The molecule has 3 N–H and O–H groups in total. The molecule has 1 amide bonds. The molecule has 1 aromatic carbocycles. The zero-order valence-electron chi connectivity index (χ0n) is 14.0. The highest BCUT2D eigenvalue weighted by Gasteiger charge is 2.27. The molecule has 146 valence electrons. The van der Waals surface area contributed by atoms with Crippen molar-refractivity contribution in [2.24, 2.45) is 5.73 Å². The summed E-state index contributed by atoms with van der Waals surface area (Å²) in [4.78, 5) is 15.9. The van der Waals surface area contributed by atoms with Crippen LogP contribution in [0, 0.1) is 6.92 Å². The fourth-order valence-corrected chi connectivity index (χ4v) is 2.51. The molecule has 0 saturated carbocycles. The van der Waals surface area contributed by atoms with Gasteiger partial charge in [0.05, 0.1) is 25.2 Å². The fourth-order valence-electron chi connectivity index (χ4n) is 1.80. The monoisotopic (exact) mass is 427 g/mol. The third-order valence-corrected chi connectivity index (χ3v) is 4.04. The Labute approximate surface area is 167 Å². The van der Waals surface area contributed by atoms with Crippen molar-refractivity contribution in [2.75, 3.05) is 13.1 Å². The summed E-state index contributed by atoms with van der Waals surface area (Å²) < 4.78 is 31.6. The number of aromatic nitrogens is 1. The Morgan fingerprint density at radius 2 is 1.96 bits per heavy atom. The van der Waals surface area contributed by atoms with Gasteiger partial charge >= 0.3 is 0 Å². The number of ether oxygens (including phenoxy) is 1. The van der Waals surface area contributed by atoms with E-state index in [2.05, 4.69) is 10.3 Å². The quantitative estimate of drug-likeness (QED) is 0.678. The number of aryl methyl sites for hydroxylation is 1. The first-order valence-electron chi connectivity index (χ1n) is 7.35. The van der Waals surface area contributed by atoms with Crippen molar-refractivity contribution in [3.8, 4) is 5.75 Å². The number of alkyl halides is 2. The molecule has 0 saturated heterocycles. The predicted molar refractivity (Wildman–Crippen MR) is 103 cm³/mol. The van der Waals surface area contributed by atoms with Gasteiger partial charge in [0.1, 0.15) is 17.4 Å². The van der Waals surface area contributed by atoms with E-state index in [0.29, 0.717) is 17.3 Å². The van der Waals surface area contributed by atoms with E-state index in [9.17, 15) is 13.6 Å². The van der Waals surface area contributed by atoms with Crippen LogP contribution in [-0.4, -0.2) is 29.9 Å². The molecule has 0 unspecified atom stereocenters. The molecule has 1 heterocycles. The van der Waals surface area contributed by atoms with Gasteiger partial charge in [0.2, 0.25) is 5.91 Å². The normalized spacial score (nSPS) is 10.5. The number of hydrogen-bond acceptors (Lipinski definition) is 5. The van der Waals surface area contributed by atoms with Gasteiger partial charge < -0.3 is 15.8 Å². The lowest BCUT2D eigenvalue weighted by molar-refractivity contribution is -0.122. The van der Waals surface area contributed by atoms with E-state index in [-0.39, 0.29) is 31.2 Å². The Hall–Kier alpha value is -1.48. The molecule has 0 bridgehead atoms. The van der Waals surface area contributed by atoms with Crippen LogP contribution in [0.3, 0.4) is 0 Å². The number of nitrogens with zero attached hydrogens (tertiary/aromatic N) is 1. The smallest absolute Gasteiger partial charge is 0.277 e. The molecule has 0 atom stereocenters. The molecule has 1 aromatic heterocycles. The minimum atomic E-state index is -3.09. The van der Waals surface area contributed by atoms with E-state index in [0.717, 1.165) is 11.3 Å². The number of nitrogens with one attached hydrogen (secondary N) is 1. The number of halogens is 4. The van der Waals surface area contributed by atoms with Crippen LogP contribution in [-0.2, 0) is 17.8 Å². The van der Waals surface area contributed by atoms with Crippen molar-refractivity contribution in [1.82, 2.24) is 10.3 Å². The van der Waals surface area contributed by atoms with E-state index in [4.69, 9.17) is 10.5 Å². The summed E-state index contributed by atoms with van der Waals surface area (Å²) in [5.74, 6) is -2.87. The highest BCUT2D eigenvalue weighted by molar-refractivity contribution is 7.09. The largest absolute Gasteiger partial charge is 0.486 e.